The molecule has 0 fully saturated rings. The Kier molecular flexibility index (Phi) is 6.03. The zero-order chi connectivity index (χ0) is 12.5. The summed E-state index contributed by atoms with van der Waals surface area (Å²) in [4.78, 5) is 8.44. The number of hydrogen-bond donors (Lipinski definition) is 3. The predicted octanol–water partition coefficient (Wildman–Crippen LogP) is 1.10. The molecular weight excluding hydrogens is 214 g/mol. The van der Waals surface area contributed by atoms with Crippen molar-refractivity contribution in [3.8, 4) is 0 Å². The van der Waals surface area contributed by atoms with E-state index in [9.17, 15) is 0 Å². The Morgan fingerprint density at radius 2 is 2.35 bits per heavy atom. The summed E-state index contributed by atoms with van der Waals surface area (Å²) < 4.78 is 0. The summed E-state index contributed by atoms with van der Waals surface area (Å²) in [6, 6.07) is 1.97. The van der Waals surface area contributed by atoms with E-state index in [1.54, 1.807) is 6.20 Å². The van der Waals surface area contributed by atoms with Gasteiger partial charge in [0, 0.05) is 18.9 Å². The summed E-state index contributed by atoms with van der Waals surface area (Å²) >= 11 is 0. The van der Waals surface area contributed by atoms with Crippen molar-refractivity contribution in [2.75, 3.05) is 6.54 Å². The summed E-state index contributed by atoms with van der Waals surface area (Å²) in [6.45, 7) is 5.66. The fraction of sp³-hybridized carbons (Fsp3) is 0.500. The maximum atomic E-state index is 5.40. The number of nitrogens with two attached hydrogens (primary N) is 1. The summed E-state index contributed by atoms with van der Waals surface area (Å²) in [5.41, 5.74) is 4.87. The Hall–Kier alpha value is -1.62. The minimum atomic E-state index is 0.604. The van der Waals surface area contributed by atoms with Crippen LogP contribution < -0.4 is 16.6 Å². The number of aryl methyl sites for hydroxylation is 1. The van der Waals surface area contributed by atoms with Crippen LogP contribution in [-0.2, 0) is 6.54 Å². The highest BCUT2D eigenvalue weighted by molar-refractivity contribution is 5.79. The highest BCUT2D eigenvalue weighted by Crippen LogP contribution is 2.05. The Morgan fingerprint density at radius 1 is 1.53 bits per heavy atom. The Bertz CT molecular complexity index is 362. The minimum absolute atomic E-state index is 0.604. The van der Waals surface area contributed by atoms with E-state index in [1.165, 1.54) is 0 Å². The average Bonchev–Trinajstić information content (AvgIpc) is 2.35. The van der Waals surface area contributed by atoms with Gasteiger partial charge in [0.05, 0.1) is 6.54 Å². The van der Waals surface area contributed by atoms with Gasteiger partial charge in [0.1, 0.15) is 0 Å². The Balaban J connectivity index is 2.52. The lowest BCUT2D eigenvalue weighted by Gasteiger charge is -2.09. The number of nitrogens with one attached hydrogen (secondary N) is 2. The number of pyridine rings is 1. The molecule has 1 heterocycles. The third-order valence-electron chi connectivity index (χ3n) is 2.50. The van der Waals surface area contributed by atoms with Gasteiger partial charge in [-0.05, 0) is 30.5 Å². The van der Waals surface area contributed by atoms with Crippen molar-refractivity contribution in [1.29, 1.82) is 0 Å². The molecule has 0 aliphatic rings. The highest BCUT2D eigenvalue weighted by atomic mass is 15.3. The van der Waals surface area contributed by atoms with E-state index in [0.29, 0.717) is 12.5 Å². The van der Waals surface area contributed by atoms with Crippen molar-refractivity contribution >= 4 is 5.96 Å². The third-order valence-corrected chi connectivity index (χ3v) is 2.50. The predicted molar refractivity (Wildman–Crippen MR) is 70.3 cm³/mol. The standard InChI is InChI=1S/C12H21N5/c1-3-4-6-15-12(17-13)16-9-11-5-7-14-8-10(11)2/h5,7-8H,3-4,6,9,13H2,1-2H3,(H2,15,16,17). The van der Waals surface area contributed by atoms with Gasteiger partial charge in [0.25, 0.3) is 0 Å². The largest absolute Gasteiger partial charge is 0.355 e. The Labute approximate surface area is 103 Å². The number of hydrazine groups is 1. The second-order valence-corrected chi connectivity index (χ2v) is 3.89. The normalized spacial score (nSPS) is 11.4. The van der Waals surface area contributed by atoms with Crippen LogP contribution in [0.3, 0.4) is 0 Å². The van der Waals surface area contributed by atoms with Crippen LogP contribution in [0.5, 0.6) is 0 Å². The van der Waals surface area contributed by atoms with E-state index in [-0.39, 0.29) is 0 Å². The molecule has 5 nitrogen and oxygen atoms in total. The highest BCUT2D eigenvalue weighted by Gasteiger charge is 1.98. The van der Waals surface area contributed by atoms with Gasteiger partial charge >= 0.3 is 0 Å². The first-order valence-corrected chi connectivity index (χ1v) is 5.92. The minimum Gasteiger partial charge on any atom is -0.355 e. The first-order valence-electron chi connectivity index (χ1n) is 5.92. The molecule has 0 radical (unpaired) electrons. The molecule has 0 bridgehead atoms. The summed E-state index contributed by atoms with van der Waals surface area (Å²) in [7, 11) is 0. The molecule has 94 valence electrons. The van der Waals surface area contributed by atoms with Gasteiger partial charge in [-0.25, -0.2) is 10.8 Å². The van der Waals surface area contributed by atoms with Crippen LogP contribution in [0.1, 0.15) is 30.9 Å². The van der Waals surface area contributed by atoms with Gasteiger partial charge in [-0.15, -0.1) is 0 Å². The number of nitrogens with zero attached hydrogens (tertiary/aromatic N) is 2. The Morgan fingerprint density at radius 3 is 3.00 bits per heavy atom. The van der Waals surface area contributed by atoms with Crippen LogP contribution in [0, 0.1) is 6.92 Å². The zero-order valence-electron chi connectivity index (χ0n) is 10.5. The van der Waals surface area contributed by atoms with E-state index in [0.717, 1.165) is 30.5 Å². The van der Waals surface area contributed by atoms with Gasteiger partial charge < -0.3 is 5.32 Å². The molecular formula is C12H21N5. The SMILES string of the molecule is CCCCNC(=NCc1ccncc1C)NN. The van der Waals surface area contributed by atoms with Gasteiger partial charge in [-0.2, -0.15) is 0 Å². The molecule has 0 atom stereocenters. The number of hydrogen-bond acceptors (Lipinski definition) is 3. The fourth-order valence-electron chi connectivity index (χ4n) is 1.38. The quantitative estimate of drug-likeness (QED) is 0.235. The molecule has 17 heavy (non-hydrogen) atoms. The molecule has 0 aromatic carbocycles. The average molecular weight is 235 g/mol. The van der Waals surface area contributed by atoms with E-state index in [2.05, 4.69) is 27.6 Å². The number of guanidine groups is 1. The first kappa shape index (κ1) is 13.4. The summed E-state index contributed by atoms with van der Waals surface area (Å²) in [5, 5.41) is 3.16. The second kappa shape index (κ2) is 7.62. The molecule has 0 saturated heterocycles. The van der Waals surface area contributed by atoms with Crippen LogP contribution >= 0.6 is 0 Å². The third kappa shape index (κ3) is 4.82. The van der Waals surface area contributed by atoms with Gasteiger partial charge in [-0.3, -0.25) is 10.4 Å². The summed E-state index contributed by atoms with van der Waals surface area (Å²) in [5.74, 6) is 6.04. The number of aliphatic imine (C=N–C) groups is 1. The molecule has 0 aliphatic heterocycles. The van der Waals surface area contributed by atoms with Crippen molar-refractivity contribution in [3.63, 3.8) is 0 Å². The van der Waals surface area contributed by atoms with Crippen LogP contribution in [-0.4, -0.2) is 17.5 Å². The molecule has 1 aromatic rings. The second-order valence-electron chi connectivity index (χ2n) is 3.89. The van der Waals surface area contributed by atoms with E-state index < -0.39 is 0 Å². The van der Waals surface area contributed by atoms with Crippen molar-refractivity contribution in [2.45, 2.75) is 33.2 Å². The van der Waals surface area contributed by atoms with Crippen molar-refractivity contribution in [1.82, 2.24) is 15.7 Å². The first-order chi connectivity index (χ1) is 8.27. The lowest BCUT2D eigenvalue weighted by atomic mass is 10.2. The van der Waals surface area contributed by atoms with E-state index in [1.807, 2.05) is 19.2 Å². The van der Waals surface area contributed by atoms with Crippen molar-refractivity contribution in [2.24, 2.45) is 10.8 Å². The van der Waals surface area contributed by atoms with Gasteiger partial charge in [0.15, 0.2) is 0 Å². The van der Waals surface area contributed by atoms with Crippen LogP contribution in [0.15, 0.2) is 23.5 Å². The smallest absolute Gasteiger partial charge is 0.206 e. The zero-order valence-corrected chi connectivity index (χ0v) is 10.5. The fourth-order valence-corrected chi connectivity index (χ4v) is 1.38. The molecule has 0 amide bonds. The van der Waals surface area contributed by atoms with Crippen LogP contribution in [0.2, 0.25) is 0 Å². The molecule has 1 rings (SSSR count). The number of rotatable bonds is 5. The van der Waals surface area contributed by atoms with Crippen LogP contribution in [0.4, 0.5) is 0 Å². The molecule has 0 saturated carbocycles. The topological polar surface area (TPSA) is 75.3 Å². The monoisotopic (exact) mass is 235 g/mol. The van der Waals surface area contributed by atoms with Gasteiger partial charge in [-0.1, -0.05) is 13.3 Å². The number of aromatic nitrogens is 1. The van der Waals surface area contributed by atoms with Crippen molar-refractivity contribution < 1.29 is 0 Å². The van der Waals surface area contributed by atoms with Gasteiger partial charge in [0.2, 0.25) is 5.96 Å². The lowest BCUT2D eigenvalue weighted by Crippen LogP contribution is -2.42. The van der Waals surface area contributed by atoms with Crippen molar-refractivity contribution in [3.05, 3.63) is 29.6 Å². The molecule has 5 heteroatoms. The molecule has 4 N–H and O–H groups in total. The molecule has 1 aromatic heterocycles. The van der Waals surface area contributed by atoms with E-state index >= 15 is 0 Å². The summed E-state index contributed by atoms with van der Waals surface area (Å²) in [6.07, 6.45) is 5.87. The lowest BCUT2D eigenvalue weighted by molar-refractivity contribution is 0.731. The van der Waals surface area contributed by atoms with Crippen LogP contribution in [0.25, 0.3) is 0 Å². The number of unbranched alkanes of at least 4 members (excludes halogenated alkanes) is 1. The molecule has 0 unspecified atom stereocenters. The molecule has 0 spiro atoms. The maximum absolute atomic E-state index is 5.40. The molecule has 0 aliphatic carbocycles. The van der Waals surface area contributed by atoms with E-state index in [4.69, 9.17) is 5.84 Å². The maximum Gasteiger partial charge on any atom is 0.206 e.